The summed E-state index contributed by atoms with van der Waals surface area (Å²) in [6, 6.07) is 9.63. The van der Waals surface area contributed by atoms with Crippen LogP contribution in [0.4, 0.5) is 39.5 Å². The Labute approximate surface area is 230 Å². The Bertz CT molecular complexity index is 1740. The molecule has 2 aromatic heterocycles. The molecule has 0 fully saturated rings. The van der Waals surface area contributed by atoms with E-state index in [1.165, 1.54) is 42.6 Å². The molecule has 42 heavy (non-hydrogen) atoms. The number of primary sulfonamides is 1. The molecule has 222 valence electrons. The van der Waals surface area contributed by atoms with Crippen molar-refractivity contribution in [3.8, 4) is 39.7 Å². The predicted molar refractivity (Wildman–Crippen MR) is 129 cm³/mol. The summed E-state index contributed by atoms with van der Waals surface area (Å²) in [6.07, 6.45) is -14.0. The summed E-state index contributed by atoms with van der Waals surface area (Å²) >= 11 is 0. The van der Waals surface area contributed by atoms with E-state index in [1.54, 1.807) is 0 Å². The third-order valence-corrected chi connectivity index (χ3v) is 6.38. The minimum atomic E-state index is -5.14. The van der Waals surface area contributed by atoms with Crippen LogP contribution in [-0.4, -0.2) is 36.2 Å². The summed E-state index contributed by atoms with van der Waals surface area (Å²) in [5, 5.41) is 5.14. The highest BCUT2D eigenvalue weighted by Crippen LogP contribution is 2.40. The van der Waals surface area contributed by atoms with E-state index in [0.717, 1.165) is 6.07 Å². The third kappa shape index (κ3) is 7.33. The van der Waals surface area contributed by atoms with Gasteiger partial charge in [-0.1, -0.05) is 18.2 Å². The molecule has 7 nitrogen and oxygen atoms in total. The molecule has 2 N–H and O–H groups in total. The number of pyridine rings is 1. The lowest BCUT2D eigenvalue weighted by molar-refractivity contribution is -0.158. The van der Waals surface area contributed by atoms with Crippen molar-refractivity contribution >= 4 is 10.0 Å². The summed E-state index contributed by atoms with van der Waals surface area (Å²) in [5.74, 6) is -1.84. The van der Waals surface area contributed by atoms with E-state index in [-0.39, 0.29) is 21.7 Å². The Morgan fingerprint density at radius 1 is 0.738 bits per heavy atom. The number of alkyl halides is 9. The number of nitrogens with two attached hydrogens (primary N) is 1. The maximum Gasteiger partial charge on any atom is 0.433 e. The maximum atomic E-state index is 13.8. The van der Waals surface area contributed by atoms with Crippen LogP contribution in [0.25, 0.3) is 33.9 Å². The monoisotopic (exact) mass is 622 g/mol. The zero-order chi connectivity index (χ0) is 31.1. The van der Waals surface area contributed by atoms with E-state index in [1.807, 2.05) is 0 Å². The molecular formula is C25H15F9N4O3S. The van der Waals surface area contributed by atoms with E-state index < -0.39 is 69.2 Å². The Hall–Kier alpha value is -4.25. The quantitative estimate of drug-likeness (QED) is 0.246. The van der Waals surface area contributed by atoms with Crippen LogP contribution < -0.4 is 9.88 Å². The van der Waals surface area contributed by atoms with Gasteiger partial charge in [0, 0.05) is 22.9 Å². The van der Waals surface area contributed by atoms with E-state index in [2.05, 4.69) is 19.7 Å². The van der Waals surface area contributed by atoms with Crippen LogP contribution in [0.1, 0.15) is 11.3 Å². The highest BCUT2D eigenvalue weighted by Gasteiger charge is 2.37. The molecule has 0 atom stereocenters. The van der Waals surface area contributed by atoms with Gasteiger partial charge in [0.05, 0.1) is 21.8 Å². The summed E-state index contributed by atoms with van der Waals surface area (Å²) < 4.78 is 147. The van der Waals surface area contributed by atoms with Crippen molar-refractivity contribution in [2.45, 2.75) is 23.4 Å². The molecule has 0 aliphatic rings. The number of benzene rings is 2. The van der Waals surface area contributed by atoms with Crippen LogP contribution in [0.5, 0.6) is 5.75 Å². The molecule has 0 saturated carbocycles. The number of aromatic nitrogens is 3. The summed E-state index contributed by atoms with van der Waals surface area (Å²) in [7, 11) is -4.10. The normalized spacial score (nSPS) is 12.8. The fraction of sp³-hybridized carbons (Fsp3) is 0.160. The Morgan fingerprint density at radius 3 is 2.05 bits per heavy atom. The molecule has 0 aliphatic heterocycles. The van der Waals surface area contributed by atoms with Gasteiger partial charge in [0.1, 0.15) is 11.4 Å². The molecule has 4 aromatic rings. The van der Waals surface area contributed by atoms with E-state index >= 15 is 0 Å². The zero-order valence-electron chi connectivity index (χ0n) is 20.5. The summed E-state index contributed by atoms with van der Waals surface area (Å²) in [5.41, 5.74) is -3.86. The van der Waals surface area contributed by atoms with Gasteiger partial charge in [-0.3, -0.25) is 4.98 Å². The second kappa shape index (κ2) is 10.9. The lowest BCUT2D eigenvalue weighted by Gasteiger charge is -2.17. The van der Waals surface area contributed by atoms with Crippen molar-refractivity contribution < 1.29 is 52.7 Å². The van der Waals surface area contributed by atoms with E-state index in [0.29, 0.717) is 18.2 Å². The summed E-state index contributed by atoms with van der Waals surface area (Å²) in [6.45, 7) is -2.09. The minimum absolute atomic E-state index is 0.0613. The maximum absolute atomic E-state index is 13.8. The van der Waals surface area contributed by atoms with E-state index in [4.69, 9.17) is 5.14 Å². The topological polar surface area (TPSA) is 108 Å². The minimum Gasteiger partial charge on any atom is -0.483 e. The molecule has 0 spiro atoms. The number of nitrogens with zero attached hydrogens (tertiary/aromatic N) is 3. The van der Waals surface area contributed by atoms with Crippen LogP contribution in [0.3, 0.4) is 0 Å². The van der Waals surface area contributed by atoms with Gasteiger partial charge in [-0.05, 0) is 42.5 Å². The predicted octanol–water partition coefficient (Wildman–Crippen LogP) is 6.50. The van der Waals surface area contributed by atoms with Gasteiger partial charge in [-0.15, -0.1) is 0 Å². The number of sulfonamides is 1. The average Bonchev–Trinajstić information content (AvgIpc) is 2.90. The molecule has 0 unspecified atom stereocenters. The van der Waals surface area contributed by atoms with Crippen LogP contribution in [-0.2, 0) is 22.4 Å². The van der Waals surface area contributed by atoms with Crippen molar-refractivity contribution in [3.63, 3.8) is 0 Å². The first-order valence-corrected chi connectivity index (χ1v) is 12.8. The number of ether oxygens (including phenoxy) is 1. The lowest BCUT2D eigenvalue weighted by Crippen LogP contribution is -2.21. The van der Waals surface area contributed by atoms with Crippen LogP contribution in [0.2, 0.25) is 0 Å². The molecule has 4 rings (SSSR count). The molecule has 17 heteroatoms. The molecule has 2 heterocycles. The van der Waals surface area contributed by atoms with Gasteiger partial charge >= 0.3 is 18.5 Å². The third-order valence-electron chi connectivity index (χ3n) is 5.47. The smallest absolute Gasteiger partial charge is 0.433 e. The molecule has 0 saturated heterocycles. The first-order valence-electron chi connectivity index (χ1n) is 11.3. The van der Waals surface area contributed by atoms with Gasteiger partial charge in [-0.25, -0.2) is 23.5 Å². The highest BCUT2D eigenvalue weighted by atomic mass is 32.2. The number of hydrogen-bond donors (Lipinski definition) is 1. The molecule has 0 aliphatic carbocycles. The largest absolute Gasteiger partial charge is 0.483 e. The number of halogens is 9. The Kier molecular flexibility index (Phi) is 7.94. The Morgan fingerprint density at radius 2 is 1.43 bits per heavy atom. The molecule has 0 bridgehead atoms. The lowest BCUT2D eigenvalue weighted by atomic mass is 10.1. The average molecular weight is 622 g/mol. The van der Waals surface area contributed by atoms with E-state index in [9.17, 15) is 47.9 Å². The number of rotatable bonds is 6. The first kappa shape index (κ1) is 30.7. The fourth-order valence-corrected chi connectivity index (χ4v) is 4.18. The van der Waals surface area contributed by atoms with Gasteiger partial charge in [0.25, 0.3) is 0 Å². The van der Waals surface area contributed by atoms with Crippen molar-refractivity contribution in [2.75, 3.05) is 6.61 Å². The standard InChI is InChI=1S/C25H15F9N4O3S/c26-23(27,28)12-41-20-10-14(4-5-17(20)24(29,30)31)19-11-21(25(32,33)34)38-22(37-19)15-6-7-36-18(9-15)13-2-1-3-16(8-13)42(35,39)40/h1-11H,12H2,(H2,35,39,40). The van der Waals surface area contributed by atoms with Crippen LogP contribution in [0, 0.1) is 0 Å². The highest BCUT2D eigenvalue weighted by molar-refractivity contribution is 7.89. The van der Waals surface area contributed by atoms with Gasteiger partial charge in [-0.2, -0.15) is 39.5 Å². The number of hydrogen-bond acceptors (Lipinski definition) is 6. The second-order valence-corrected chi connectivity index (χ2v) is 10.1. The molecule has 2 aromatic carbocycles. The van der Waals surface area contributed by atoms with Crippen molar-refractivity contribution in [3.05, 3.63) is 78.1 Å². The van der Waals surface area contributed by atoms with Gasteiger partial charge in [0.15, 0.2) is 12.4 Å². The summed E-state index contributed by atoms with van der Waals surface area (Å²) in [4.78, 5) is 11.3. The zero-order valence-corrected chi connectivity index (χ0v) is 21.3. The SMILES string of the molecule is NS(=O)(=O)c1cccc(-c2cc(-c3nc(-c4ccc(C(F)(F)F)c(OCC(F)(F)F)c4)cc(C(F)(F)F)n3)ccn2)c1. The van der Waals surface area contributed by atoms with Gasteiger partial charge < -0.3 is 4.74 Å². The Balaban J connectivity index is 1.85. The van der Waals surface area contributed by atoms with Crippen molar-refractivity contribution in [1.29, 1.82) is 0 Å². The van der Waals surface area contributed by atoms with Gasteiger partial charge in [0.2, 0.25) is 10.0 Å². The molecule has 0 radical (unpaired) electrons. The first-order chi connectivity index (χ1) is 19.3. The van der Waals surface area contributed by atoms with Crippen LogP contribution >= 0.6 is 0 Å². The fourth-order valence-electron chi connectivity index (χ4n) is 3.62. The van der Waals surface area contributed by atoms with Crippen molar-refractivity contribution in [2.24, 2.45) is 5.14 Å². The van der Waals surface area contributed by atoms with Crippen molar-refractivity contribution in [1.82, 2.24) is 15.0 Å². The van der Waals surface area contributed by atoms with Crippen LogP contribution in [0.15, 0.2) is 71.8 Å². The second-order valence-electron chi connectivity index (χ2n) is 8.57. The molecule has 0 amide bonds. The molecular weight excluding hydrogens is 607 g/mol.